The van der Waals surface area contributed by atoms with E-state index in [9.17, 15) is 9.59 Å². The molecule has 1 saturated heterocycles. The third kappa shape index (κ3) is 4.26. The first-order chi connectivity index (χ1) is 16.4. The van der Waals surface area contributed by atoms with E-state index in [1.165, 1.54) is 36.2 Å². The molecule has 7 nitrogen and oxygen atoms in total. The predicted molar refractivity (Wildman–Crippen MR) is 133 cm³/mol. The molecule has 2 saturated carbocycles. The van der Waals surface area contributed by atoms with Crippen molar-refractivity contribution in [3.63, 3.8) is 0 Å². The van der Waals surface area contributed by atoms with Crippen LogP contribution in [0.2, 0.25) is 0 Å². The minimum Gasteiger partial charge on any atom is -0.317 e. The maximum Gasteiger partial charge on any atom is 0.321 e. The van der Waals surface area contributed by atoms with Crippen molar-refractivity contribution in [2.24, 2.45) is 5.92 Å². The van der Waals surface area contributed by atoms with E-state index in [0.717, 1.165) is 32.2 Å². The van der Waals surface area contributed by atoms with Gasteiger partial charge in [-0.05, 0) is 64.1 Å². The maximum atomic E-state index is 13.6. The van der Waals surface area contributed by atoms with E-state index in [-0.39, 0.29) is 35.9 Å². The predicted octanol–water partition coefficient (Wildman–Crippen LogP) is 3.96. The molecule has 0 unspecified atom stereocenters. The second-order valence-corrected chi connectivity index (χ2v) is 11.5. The minimum absolute atomic E-state index is 0.0151. The normalized spacial score (nSPS) is 27.6. The number of urea groups is 1. The summed E-state index contributed by atoms with van der Waals surface area (Å²) in [6, 6.07) is 10.8. The van der Waals surface area contributed by atoms with Crippen LogP contribution < -0.4 is 0 Å². The quantitative estimate of drug-likeness (QED) is 0.571. The van der Waals surface area contributed by atoms with E-state index in [2.05, 4.69) is 64.4 Å². The largest absolute Gasteiger partial charge is 0.321 e. The molecule has 0 bridgehead atoms. The highest BCUT2D eigenvalue weighted by Gasteiger charge is 2.55. The van der Waals surface area contributed by atoms with Gasteiger partial charge < -0.3 is 9.80 Å². The number of carbonyl (C=O) groups excluding carboxylic acids is 2. The fourth-order valence-electron chi connectivity index (χ4n) is 6.22. The van der Waals surface area contributed by atoms with Crippen LogP contribution in [0, 0.1) is 5.92 Å². The lowest BCUT2D eigenvalue weighted by atomic mass is 9.68. The number of benzene rings is 1. The van der Waals surface area contributed by atoms with E-state index in [0.29, 0.717) is 17.5 Å². The Labute approximate surface area is 206 Å². The van der Waals surface area contributed by atoms with Crippen molar-refractivity contribution < 1.29 is 9.59 Å². The number of hydrogen-bond donors (Lipinski definition) is 0. The highest BCUT2D eigenvalue weighted by molar-refractivity contribution is 7.09. The van der Waals surface area contributed by atoms with Crippen LogP contribution in [0.15, 0.2) is 35.8 Å². The van der Waals surface area contributed by atoms with Crippen molar-refractivity contribution in [1.29, 1.82) is 0 Å². The number of nitrogens with zero attached hydrogens (tertiary/aromatic N) is 5. The molecule has 1 spiro atoms. The molecule has 34 heavy (non-hydrogen) atoms. The Balaban J connectivity index is 1.35. The van der Waals surface area contributed by atoms with Gasteiger partial charge in [0, 0.05) is 18.6 Å². The zero-order valence-electron chi connectivity index (χ0n) is 20.3. The topological polar surface area (TPSA) is 69.6 Å². The van der Waals surface area contributed by atoms with Crippen molar-refractivity contribution in [2.75, 3.05) is 33.7 Å². The van der Waals surface area contributed by atoms with Crippen LogP contribution in [0.25, 0.3) is 0 Å². The van der Waals surface area contributed by atoms with Gasteiger partial charge in [-0.3, -0.25) is 9.69 Å². The van der Waals surface area contributed by atoms with Crippen molar-refractivity contribution >= 4 is 23.2 Å². The standard InChI is InChI=1S/C26H35N5O2S/c1-29(2)26(21-9-4-3-5-10-21)13-11-25(12-14-26)18-30(17-22(32)15-23-28-27-19-34-23)24(33)31(25)16-20-7-6-8-20/h3-5,9-10,19-20H,6-8,11-18H2,1-2H3. The van der Waals surface area contributed by atoms with Gasteiger partial charge in [-0.15, -0.1) is 21.5 Å². The first-order valence-corrected chi connectivity index (χ1v) is 13.4. The van der Waals surface area contributed by atoms with Crippen LogP contribution in [-0.2, 0) is 16.8 Å². The molecular weight excluding hydrogens is 446 g/mol. The lowest BCUT2D eigenvalue weighted by Crippen LogP contribution is -2.56. The van der Waals surface area contributed by atoms with Gasteiger partial charge in [0.2, 0.25) is 0 Å². The fraction of sp³-hybridized carbons (Fsp3) is 0.615. The zero-order valence-corrected chi connectivity index (χ0v) is 21.1. The summed E-state index contributed by atoms with van der Waals surface area (Å²) in [7, 11) is 4.35. The summed E-state index contributed by atoms with van der Waals surface area (Å²) >= 11 is 1.39. The molecule has 182 valence electrons. The molecule has 0 atom stereocenters. The molecule has 1 aromatic heterocycles. The van der Waals surface area contributed by atoms with Gasteiger partial charge in [0.1, 0.15) is 10.5 Å². The molecular formula is C26H35N5O2S. The van der Waals surface area contributed by atoms with Gasteiger partial charge in [-0.1, -0.05) is 36.8 Å². The van der Waals surface area contributed by atoms with Gasteiger partial charge in [-0.2, -0.15) is 0 Å². The Morgan fingerprint density at radius 1 is 1.15 bits per heavy atom. The van der Waals surface area contributed by atoms with Gasteiger partial charge in [-0.25, -0.2) is 4.79 Å². The number of hydrogen-bond acceptors (Lipinski definition) is 6. The number of aromatic nitrogens is 2. The fourth-order valence-corrected chi connectivity index (χ4v) is 6.78. The Morgan fingerprint density at radius 3 is 2.47 bits per heavy atom. The molecule has 5 rings (SSSR count). The number of carbonyl (C=O) groups is 2. The van der Waals surface area contributed by atoms with Crippen molar-refractivity contribution in [1.82, 2.24) is 24.9 Å². The molecule has 2 aliphatic carbocycles. The first kappa shape index (κ1) is 23.4. The van der Waals surface area contributed by atoms with Crippen LogP contribution in [0.3, 0.4) is 0 Å². The Kier molecular flexibility index (Phi) is 6.46. The second kappa shape index (κ2) is 9.38. The SMILES string of the molecule is CN(C)C1(c2ccccc2)CCC2(CC1)CN(CC(=O)Cc1nncs1)C(=O)N2CC1CCC1. The molecule has 1 aliphatic heterocycles. The molecule has 2 amide bonds. The Hall–Kier alpha value is -2.32. The summed E-state index contributed by atoms with van der Waals surface area (Å²) < 4.78 is 0. The number of rotatable bonds is 8. The molecule has 3 aliphatic rings. The second-order valence-electron chi connectivity index (χ2n) is 10.6. The number of ketones is 1. The van der Waals surface area contributed by atoms with Gasteiger partial charge >= 0.3 is 6.03 Å². The lowest BCUT2D eigenvalue weighted by Gasteiger charge is -2.51. The van der Waals surface area contributed by atoms with Gasteiger partial charge in [0.25, 0.3) is 0 Å². The van der Waals surface area contributed by atoms with Crippen LogP contribution in [0.1, 0.15) is 55.5 Å². The van der Waals surface area contributed by atoms with Crippen LogP contribution in [0.4, 0.5) is 4.79 Å². The Morgan fingerprint density at radius 2 is 1.88 bits per heavy atom. The van der Waals surface area contributed by atoms with E-state index in [1.807, 2.05) is 4.90 Å². The zero-order chi connectivity index (χ0) is 23.8. The first-order valence-electron chi connectivity index (χ1n) is 12.5. The summed E-state index contributed by atoms with van der Waals surface area (Å²) in [4.78, 5) is 32.7. The molecule has 2 heterocycles. The van der Waals surface area contributed by atoms with Crippen LogP contribution in [-0.4, -0.2) is 76.0 Å². The summed E-state index contributed by atoms with van der Waals surface area (Å²) in [5.41, 5.74) is 2.81. The van der Waals surface area contributed by atoms with Gasteiger partial charge in [0.15, 0.2) is 5.78 Å². The number of amides is 2. The van der Waals surface area contributed by atoms with Gasteiger partial charge in [0.05, 0.1) is 18.5 Å². The molecule has 8 heteroatoms. The lowest BCUT2D eigenvalue weighted by molar-refractivity contribution is -0.119. The monoisotopic (exact) mass is 481 g/mol. The Bertz CT molecular complexity index is 997. The minimum atomic E-state index is -0.177. The third-order valence-corrected chi connectivity index (χ3v) is 9.22. The van der Waals surface area contributed by atoms with E-state index in [4.69, 9.17) is 0 Å². The third-order valence-electron chi connectivity index (χ3n) is 8.52. The summed E-state index contributed by atoms with van der Waals surface area (Å²) in [5, 5.41) is 8.54. The average Bonchev–Trinajstić information content (AvgIpc) is 3.39. The van der Waals surface area contributed by atoms with Crippen LogP contribution >= 0.6 is 11.3 Å². The van der Waals surface area contributed by atoms with E-state index in [1.54, 1.807) is 5.51 Å². The smallest absolute Gasteiger partial charge is 0.317 e. The highest BCUT2D eigenvalue weighted by atomic mass is 32.1. The highest BCUT2D eigenvalue weighted by Crippen LogP contribution is 2.49. The molecule has 0 radical (unpaired) electrons. The van der Waals surface area contributed by atoms with Crippen molar-refractivity contribution in [3.05, 3.63) is 46.4 Å². The molecule has 1 aromatic carbocycles. The maximum absolute atomic E-state index is 13.6. The summed E-state index contributed by atoms with van der Waals surface area (Å²) in [6.07, 6.45) is 7.86. The molecule has 3 fully saturated rings. The van der Waals surface area contributed by atoms with Crippen molar-refractivity contribution in [2.45, 2.75) is 62.4 Å². The number of Topliss-reactive ketones (excluding diaryl/α,β-unsaturated/α-hetero) is 1. The van der Waals surface area contributed by atoms with E-state index >= 15 is 0 Å². The van der Waals surface area contributed by atoms with E-state index < -0.39 is 0 Å². The molecule has 0 N–H and O–H groups in total. The molecule has 2 aromatic rings. The van der Waals surface area contributed by atoms with Crippen LogP contribution in [0.5, 0.6) is 0 Å². The van der Waals surface area contributed by atoms with Crippen molar-refractivity contribution in [3.8, 4) is 0 Å². The summed E-state index contributed by atoms with van der Waals surface area (Å²) in [6.45, 7) is 1.65. The average molecular weight is 482 g/mol. The summed E-state index contributed by atoms with van der Waals surface area (Å²) in [5.74, 6) is 0.640.